The predicted octanol–water partition coefficient (Wildman–Crippen LogP) is 4.78. The van der Waals surface area contributed by atoms with Gasteiger partial charge >= 0.3 is 0 Å². The molecule has 3 aliphatic carbocycles. The molecular weight excluding hydrogens is 472 g/mol. The number of hydrogen-bond donors (Lipinski definition) is 0. The average Bonchev–Trinajstić information content (AvgIpc) is 3.82. The largest absolute Gasteiger partial charge is 0.342 e. The van der Waals surface area contributed by atoms with Gasteiger partial charge in [0.1, 0.15) is 23.4 Å². The molecule has 2 saturated carbocycles. The molecule has 7 rings (SSSR count). The van der Waals surface area contributed by atoms with Crippen molar-refractivity contribution in [1.29, 1.82) is 0 Å². The molecule has 1 spiro atoms. The van der Waals surface area contributed by atoms with E-state index in [9.17, 15) is 14.0 Å². The van der Waals surface area contributed by atoms with Crippen molar-refractivity contribution in [3.63, 3.8) is 0 Å². The maximum Gasteiger partial charge on any atom is 0.256 e. The Morgan fingerprint density at radius 1 is 1.08 bits per heavy atom. The van der Waals surface area contributed by atoms with E-state index in [-0.39, 0.29) is 23.7 Å². The number of benzene rings is 2. The summed E-state index contributed by atoms with van der Waals surface area (Å²) in [7, 11) is 0. The van der Waals surface area contributed by atoms with Crippen molar-refractivity contribution >= 4 is 23.7 Å². The molecule has 2 heterocycles. The molecule has 2 atom stereocenters. The molecule has 5 nitrogen and oxygen atoms in total. The minimum absolute atomic E-state index is 0.0365. The van der Waals surface area contributed by atoms with Gasteiger partial charge in [-0.05, 0) is 84.6 Å². The lowest BCUT2D eigenvalue weighted by molar-refractivity contribution is -0.131. The molecule has 190 valence electrons. The highest BCUT2D eigenvalue weighted by Crippen LogP contribution is 2.46. The number of carbonyl (C=O) groups is 2. The quantitative estimate of drug-likeness (QED) is 0.592. The zero-order valence-electron chi connectivity index (χ0n) is 20.6. The number of alkyl halides is 1. The van der Waals surface area contributed by atoms with E-state index in [2.05, 4.69) is 0 Å². The van der Waals surface area contributed by atoms with Crippen LogP contribution in [0.25, 0.3) is 17.2 Å². The highest BCUT2D eigenvalue weighted by atomic mass is 19.1. The number of halogens is 2. The van der Waals surface area contributed by atoms with Crippen molar-refractivity contribution in [2.45, 2.75) is 50.2 Å². The van der Waals surface area contributed by atoms with Crippen molar-refractivity contribution in [2.75, 3.05) is 19.6 Å². The highest BCUT2D eigenvalue weighted by Gasteiger charge is 2.58. The van der Waals surface area contributed by atoms with E-state index in [1.54, 1.807) is 23.1 Å². The Morgan fingerprint density at radius 3 is 2.62 bits per heavy atom. The molecule has 2 aromatic carbocycles. The number of aliphatic imine (C=N–C) groups is 1. The van der Waals surface area contributed by atoms with Crippen LogP contribution in [0.4, 0.5) is 8.78 Å². The summed E-state index contributed by atoms with van der Waals surface area (Å²) in [6.45, 7) is 1.84. The van der Waals surface area contributed by atoms with Gasteiger partial charge in [-0.2, -0.15) is 0 Å². The molecule has 5 aliphatic rings. The van der Waals surface area contributed by atoms with E-state index < -0.39 is 17.5 Å². The normalized spacial score (nSPS) is 25.6. The summed E-state index contributed by atoms with van der Waals surface area (Å²) in [6.07, 6.45) is 6.95. The Bertz CT molecular complexity index is 1370. The van der Waals surface area contributed by atoms with Gasteiger partial charge in [0.05, 0.1) is 5.56 Å². The summed E-state index contributed by atoms with van der Waals surface area (Å²) in [5.41, 5.74) is 3.10. The topological polar surface area (TPSA) is 53.0 Å². The number of nitrogens with zero attached hydrogens (tertiary/aromatic N) is 3. The second kappa shape index (κ2) is 8.33. The van der Waals surface area contributed by atoms with Crippen LogP contribution in [0.15, 0.2) is 47.5 Å². The maximum absolute atomic E-state index is 15.6. The lowest BCUT2D eigenvalue weighted by Gasteiger charge is -2.24. The second-order valence-corrected chi connectivity index (χ2v) is 11.3. The fourth-order valence-electron chi connectivity index (χ4n) is 5.98. The highest BCUT2D eigenvalue weighted by molar-refractivity contribution is 6.16. The van der Waals surface area contributed by atoms with E-state index in [0.717, 1.165) is 48.1 Å². The van der Waals surface area contributed by atoms with E-state index in [1.165, 1.54) is 6.07 Å². The van der Waals surface area contributed by atoms with Crippen LogP contribution in [-0.4, -0.2) is 58.8 Å². The first-order chi connectivity index (χ1) is 17.9. The molecule has 1 saturated heterocycles. The number of fused-ring (bicyclic) bond motifs is 1. The van der Waals surface area contributed by atoms with Gasteiger partial charge < -0.3 is 4.90 Å². The van der Waals surface area contributed by atoms with Crippen LogP contribution in [0.3, 0.4) is 0 Å². The van der Waals surface area contributed by atoms with E-state index in [0.29, 0.717) is 43.8 Å². The Hall–Kier alpha value is -3.35. The van der Waals surface area contributed by atoms with Gasteiger partial charge in [0.2, 0.25) is 5.91 Å². The average molecular weight is 502 g/mol. The van der Waals surface area contributed by atoms with Crippen LogP contribution in [0.2, 0.25) is 0 Å². The van der Waals surface area contributed by atoms with Crippen LogP contribution < -0.4 is 0 Å². The number of amides is 2. The number of hydrogen-bond acceptors (Lipinski definition) is 3. The molecule has 0 bridgehead atoms. The Morgan fingerprint density at radius 2 is 1.86 bits per heavy atom. The third-order valence-corrected chi connectivity index (χ3v) is 8.50. The summed E-state index contributed by atoms with van der Waals surface area (Å²) in [4.78, 5) is 34.2. The smallest absolute Gasteiger partial charge is 0.256 e. The minimum Gasteiger partial charge on any atom is -0.342 e. The molecule has 0 aromatic heterocycles. The Labute approximate surface area is 214 Å². The van der Waals surface area contributed by atoms with Gasteiger partial charge in [0, 0.05) is 32.0 Å². The third kappa shape index (κ3) is 3.99. The number of amidine groups is 1. The molecular formula is C30H29F2N3O2. The lowest BCUT2D eigenvalue weighted by Crippen LogP contribution is -2.41. The van der Waals surface area contributed by atoms with E-state index in [4.69, 9.17) is 4.99 Å². The van der Waals surface area contributed by atoms with Crippen LogP contribution in [0.1, 0.15) is 48.8 Å². The summed E-state index contributed by atoms with van der Waals surface area (Å²) in [5, 5.41) is 0. The molecule has 0 radical (unpaired) electrons. The first-order valence-electron chi connectivity index (χ1n) is 13.4. The molecule has 0 N–H and O–H groups in total. The SMILES string of the molecule is O=C(C1CC1)N1CC[C@@H](CN2C(=O)C3(CC3)N=C2c2ccc(-c3ccc4c(c3)C=CC(F)C4)cc2F)C1. The van der Waals surface area contributed by atoms with Gasteiger partial charge in [0.25, 0.3) is 5.91 Å². The zero-order chi connectivity index (χ0) is 25.3. The minimum atomic E-state index is -0.964. The number of carbonyl (C=O) groups excluding carboxylic acids is 2. The van der Waals surface area contributed by atoms with Crippen LogP contribution in [0, 0.1) is 17.7 Å². The Kier molecular flexibility index (Phi) is 5.14. The van der Waals surface area contributed by atoms with E-state index in [1.807, 2.05) is 29.2 Å². The molecule has 2 aromatic rings. The molecule has 3 fully saturated rings. The zero-order valence-corrected chi connectivity index (χ0v) is 20.6. The van der Waals surface area contributed by atoms with Crippen molar-refractivity contribution in [2.24, 2.45) is 16.8 Å². The summed E-state index contributed by atoms with van der Waals surface area (Å²) in [5.74, 6) is 0.567. The summed E-state index contributed by atoms with van der Waals surface area (Å²) in [6, 6.07) is 10.8. The number of allylic oxidation sites excluding steroid dienone is 1. The van der Waals surface area contributed by atoms with Gasteiger partial charge in [-0.25, -0.2) is 8.78 Å². The maximum atomic E-state index is 15.6. The van der Waals surface area contributed by atoms with Crippen LogP contribution in [-0.2, 0) is 16.0 Å². The summed E-state index contributed by atoms with van der Waals surface area (Å²) < 4.78 is 29.3. The molecule has 2 aliphatic heterocycles. The van der Waals surface area contributed by atoms with Crippen molar-refractivity contribution in [1.82, 2.24) is 9.80 Å². The van der Waals surface area contributed by atoms with Crippen molar-refractivity contribution < 1.29 is 18.4 Å². The van der Waals surface area contributed by atoms with Gasteiger partial charge in [-0.3, -0.25) is 19.5 Å². The first kappa shape index (κ1) is 22.8. The number of rotatable bonds is 5. The summed E-state index contributed by atoms with van der Waals surface area (Å²) >= 11 is 0. The molecule has 7 heteroatoms. The van der Waals surface area contributed by atoms with Gasteiger partial charge in [-0.15, -0.1) is 0 Å². The standard InChI is InChI=1S/C30H29F2N3O2/c31-24-7-5-21-13-20(3-4-22(21)14-24)23-6-8-25(26(32)15-23)27-33-30(10-11-30)29(37)35(27)17-18-9-12-34(16-18)28(36)19-1-2-19/h3-8,13,15,18-19,24H,1-2,9-12,14,16-17H2/t18-,24?/m1/s1. The fourth-order valence-corrected chi connectivity index (χ4v) is 5.98. The van der Waals surface area contributed by atoms with Gasteiger partial charge in [0.15, 0.2) is 0 Å². The lowest BCUT2D eigenvalue weighted by atomic mass is 9.92. The monoisotopic (exact) mass is 501 g/mol. The predicted molar refractivity (Wildman–Crippen MR) is 137 cm³/mol. The third-order valence-electron chi connectivity index (χ3n) is 8.50. The molecule has 37 heavy (non-hydrogen) atoms. The molecule has 2 amide bonds. The second-order valence-electron chi connectivity index (χ2n) is 11.3. The van der Waals surface area contributed by atoms with Gasteiger partial charge in [-0.1, -0.05) is 24.3 Å². The van der Waals surface area contributed by atoms with Crippen LogP contribution >= 0.6 is 0 Å². The molecule has 1 unspecified atom stereocenters. The Balaban J connectivity index is 1.14. The van der Waals surface area contributed by atoms with Crippen LogP contribution in [0.5, 0.6) is 0 Å². The van der Waals surface area contributed by atoms with Crippen molar-refractivity contribution in [3.05, 3.63) is 65.0 Å². The number of likely N-dealkylation sites (tertiary alicyclic amines) is 1. The first-order valence-corrected chi connectivity index (χ1v) is 13.4. The fraction of sp³-hybridized carbons (Fsp3) is 0.433. The van der Waals surface area contributed by atoms with E-state index >= 15 is 4.39 Å². The van der Waals surface area contributed by atoms with Crippen molar-refractivity contribution in [3.8, 4) is 11.1 Å².